The lowest BCUT2D eigenvalue weighted by molar-refractivity contribution is -0.142. The van der Waals surface area contributed by atoms with Crippen LogP contribution in [0.2, 0.25) is 0 Å². The number of nitrogens with one attached hydrogen (secondary N) is 3. The second-order valence-electron chi connectivity index (χ2n) is 13.7. The van der Waals surface area contributed by atoms with Crippen LogP contribution in [0.25, 0.3) is 0 Å². The van der Waals surface area contributed by atoms with Gasteiger partial charge in [0.2, 0.25) is 17.6 Å². The van der Waals surface area contributed by atoms with E-state index < -0.39 is 46.7 Å². The van der Waals surface area contributed by atoms with Crippen molar-refractivity contribution < 1.29 is 24.0 Å². The SMILES string of the molecule is CC(C)(C)NC(=O)N[C@H](C(=O)N1CC[C@@H](c2ccccc2)[C@@H](C(=O)NC(CC2CCC2)C(=O)C(N)=O)C1)C(C)(C)C. The summed E-state index contributed by atoms with van der Waals surface area (Å²) in [4.78, 5) is 66.6. The van der Waals surface area contributed by atoms with Crippen LogP contribution in [0, 0.1) is 17.3 Å². The van der Waals surface area contributed by atoms with Crippen molar-refractivity contribution in [1.82, 2.24) is 20.9 Å². The number of benzene rings is 1. The molecule has 1 aliphatic heterocycles. The van der Waals surface area contributed by atoms with Crippen molar-refractivity contribution in [3.8, 4) is 0 Å². The maximum atomic E-state index is 13.9. The molecule has 2 fully saturated rings. The number of nitrogens with zero attached hydrogens (tertiary/aromatic N) is 1. The molecule has 10 nitrogen and oxygen atoms in total. The second kappa shape index (κ2) is 13.0. The fraction of sp³-hybridized carbons (Fsp3) is 0.645. The van der Waals surface area contributed by atoms with E-state index in [0.29, 0.717) is 19.4 Å². The van der Waals surface area contributed by atoms with Crippen LogP contribution in [0.3, 0.4) is 0 Å². The number of hydrogen-bond donors (Lipinski definition) is 4. The zero-order chi connectivity index (χ0) is 30.5. The molecule has 5 N–H and O–H groups in total. The molecule has 1 saturated carbocycles. The number of amides is 5. The van der Waals surface area contributed by atoms with Crippen molar-refractivity contribution in [1.29, 1.82) is 0 Å². The van der Waals surface area contributed by atoms with E-state index in [2.05, 4.69) is 16.0 Å². The molecule has 0 radical (unpaired) electrons. The third kappa shape index (κ3) is 8.78. The lowest BCUT2D eigenvalue weighted by atomic mass is 9.78. The summed E-state index contributed by atoms with van der Waals surface area (Å²) in [6, 6.07) is 7.37. The first-order valence-electron chi connectivity index (χ1n) is 14.6. The van der Waals surface area contributed by atoms with Crippen molar-refractivity contribution in [2.45, 2.75) is 97.2 Å². The van der Waals surface area contributed by atoms with Gasteiger partial charge in [-0.3, -0.25) is 19.2 Å². The van der Waals surface area contributed by atoms with Crippen molar-refractivity contribution >= 4 is 29.5 Å². The number of likely N-dealkylation sites (tertiary alicyclic amines) is 1. The first kappa shape index (κ1) is 32.1. The molecule has 4 atom stereocenters. The van der Waals surface area contributed by atoms with Gasteiger partial charge < -0.3 is 26.6 Å². The van der Waals surface area contributed by atoms with Crippen LogP contribution in [0.15, 0.2) is 30.3 Å². The highest BCUT2D eigenvalue weighted by Crippen LogP contribution is 2.35. The predicted molar refractivity (Wildman–Crippen MR) is 157 cm³/mol. The van der Waals surface area contributed by atoms with Crippen LogP contribution in [-0.4, -0.2) is 65.1 Å². The Kier molecular flexibility index (Phi) is 10.2. The summed E-state index contributed by atoms with van der Waals surface area (Å²) in [5.74, 6) is -3.13. The topological polar surface area (TPSA) is 151 Å². The van der Waals surface area contributed by atoms with Gasteiger partial charge in [-0.15, -0.1) is 0 Å². The van der Waals surface area contributed by atoms with Crippen LogP contribution in [0.4, 0.5) is 4.79 Å². The van der Waals surface area contributed by atoms with Crippen LogP contribution in [0.1, 0.15) is 85.1 Å². The van der Waals surface area contributed by atoms with Gasteiger partial charge in [0.1, 0.15) is 6.04 Å². The summed E-state index contributed by atoms with van der Waals surface area (Å²) in [5, 5.41) is 8.54. The van der Waals surface area contributed by atoms with Gasteiger partial charge in [0, 0.05) is 18.6 Å². The molecular weight excluding hydrogens is 522 g/mol. The predicted octanol–water partition coefficient (Wildman–Crippen LogP) is 2.86. The molecule has 2 aliphatic rings. The highest BCUT2D eigenvalue weighted by molar-refractivity contribution is 6.37. The van der Waals surface area contributed by atoms with Crippen molar-refractivity contribution in [2.75, 3.05) is 13.1 Å². The minimum Gasteiger partial charge on any atom is -0.363 e. The number of nitrogens with two attached hydrogens (primary N) is 1. The molecule has 0 spiro atoms. The molecule has 0 aromatic heterocycles. The maximum Gasteiger partial charge on any atom is 0.315 e. The molecular formula is C31H47N5O5. The normalized spacial score (nSPS) is 21.2. The summed E-state index contributed by atoms with van der Waals surface area (Å²) >= 11 is 0. The lowest BCUT2D eigenvalue weighted by Gasteiger charge is -2.42. The lowest BCUT2D eigenvalue weighted by Crippen LogP contribution is -2.61. The zero-order valence-corrected chi connectivity index (χ0v) is 25.3. The quantitative estimate of drug-likeness (QED) is 0.337. The summed E-state index contributed by atoms with van der Waals surface area (Å²) < 4.78 is 0. The molecule has 0 bridgehead atoms. The highest BCUT2D eigenvalue weighted by atomic mass is 16.2. The Bertz CT molecular complexity index is 1120. The number of primary amides is 1. The minimum absolute atomic E-state index is 0.111. The molecule has 3 rings (SSSR count). The minimum atomic E-state index is -1.07. The van der Waals surface area contributed by atoms with E-state index in [0.717, 1.165) is 24.8 Å². The Balaban J connectivity index is 1.85. The smallest absolute Gasteiger partial charge is 0.315 e. The summed E-state index contributed by atoms with van der Waals surface area (Å²) in [5.41, 5.74) is 5.21. The number of piperidine rings is 1. The van der Waals surface area contributed by atoms with E-state index in [1.54, 1.807) is 4.90 Å². The number of ketones is 1. The van der Waals surface area contributed by atoms with E-state index in [-0.39, 0.29) is 30.2 Å². The third-order valence-electron chi connectivity index (χ3n) is 8.04. The zero-order valence-electron chi connectivity index (χ0n) is 25.3. The van der Waals surface area contributed by atoms with Crippen molar-refractivity contribution in [3.63, 3.8) is 0 Å². The van der Waals surface area contributed by atoms with Crippen molar-refractivity contribution in [2.24, 2.45) is 23.0 Å². The fourth-order valence-electron chi connectivity index (χ4n) is 5.60. The molecule has 226 valence electrons. The molecule has 1 saturated heterocycles. The molecule has 5 amide bonds. The molecule has 1 unspecified atom stereocenters. The first-order valence-corrected chi connectivity index (χ1v) is 14.6. The Morgan fingerprint density at radius 2 is 1.59 bits per heavy atom. The van der Waals surface area contributed by atoms with Gasteiger partial charge in [0.05, 0.1) is 12.0 Å². The highest BCUT2D eigenvalue weighted by Gasteiger charge is 2.43. The Labute approximate surface area is 243 Å². The average molecular weight is 570 g/mol. The van der Waals surface area contributed by atoms with Gasteiger partial charge in [0.15, 0.2) is 0 Å². The van der Waals surface area contributed by atoms with Gasteiger partial charge >= 0.3 is 6.03 Å². The van der Waals surface area contributed by atoms with Crippen LogP contribution < -0.4 is 21.7 Å². The van der Waals surface area contributed by atoms with Gasteiger partial charge in [-0.1, -0.05) is 70.4 Å². The largest absolute Gasteiger partial charge is 0.363 e. The Hall–Kier alpha value is -3.43. The standard InChI is InChI=1S/C31H47N5O5/c1-30(2,3)25(34-29(41)35-31(4,5)6)28(40)36-16-15-21(20-13-8-7-9-14-20)22(18-36)27(39)33-23(24(37)26(32)38)17-19-11-10-12-19/h7-9,13-14,19,21-23,25H,10-12,15-18H2,1-6H3,(H2,32,38)(H,33,39)(H2,34,35,41)/t21-,22-,23?,25+/m0/s1. The number of urea groups is 1. The first-order chi connectivity index (χ1) is 19.1. The monoisotopic (exact) mass is 569 g/mol. The second-order valence-corrected chi connectivity index (χ2v) is 13.7. The van der Waals surface area contributed by atoms with Crippen LogP contribution in [0.5, 0.6) is 0 Å². The summed E-state index contributed by atoms with van der Waals surface area (Å²) in [6.45, 7) is 11.7. The summed E-state index contributed by atoms with van der Waals surface area (Å²) in [7, 11) is 0. The molecule has 1 heterocycles. The fourth-order valence-corrected chi connectivity index (χ4v) is 5.60. The number of rotatable bonds is 9. The van der Waals surface area contributed by atoms with Crippen LogP contribution >= 0.6 is 0 Å². The summed E-state index contributed by atoms with van der Waals surface area (Å²) in [6.07, 6.45) is 3.85. The molecule has 10 heteroatoms. The average Bonchev–Trinajstić information content (AvgIpc) is 2.86. The number of hydrogen-bond acceptors (Lipinski definition) is 5. The molecule has 1 aromatic rings. The number of carbonyl (C=O) groups excluding carboxylic acids is 5. The Morgan fingerprint density at radius 3 is 2.10 bits per heavy atom. The van der Waals surface area contributed by atoms with Gasteiger partial charge in [-0.05, 0) is 56.4 Å². The Morgan fingerprint density at radius 1 is 0.951 bits per heavy atom. The van der Waals surface area contributed by atoms with Gasteiger partial charge in [-0.2, -0.15) is 0 Å². The van der Waals surface area contributed by atoms with Crippen molar-refractivity contribution in [3.05, 3.63) is 35.9 Å². The molecule has 1 aromatic carbocycles. The van der Waals surface area contributed by atoms with E-state index in [9.17, 15) is 24.0 Å². The molecule has 41 heavy (non-hydrogen) atoms. The van der Waals surface area contributed by atoms with E-state index in [1.807, 2.05) is 71.9 Å². The van der Waals surface area contributed by atoms with E-state index in [1.165, 1.54) is 0 Å². The van der Waals surface area contributed by atoms with E-state index >= 15 is 0 Å². The number of Topliss-reactive ketones (excluding diaryl/α,β-unsaturated/α-hetero) is 1. The third-order valence-corrected chi connectivity index (χ3v) is 8.04. The maximum absolute atomic E-state index is 13.9. The van der Waals surface area contributed by atoms with E-state index in [4.69, 9.17) is 5.73 Å². The molecule has 1 aliphatic carbocycles. The van der Waals surface area contributed by atoms with Crippen LogP contribution in [-0.2, 0) is 19.2 Å². The van der Waals surface area contributed by atoms with Gasteiger partial charge in [0.25, 0.3) is 5.91 Å². The van der Waals surface area contributed by atoms with Gasteiger partial charge in [-0.25, -0.2) is 4.79 Å². The number of carbonyl (C=O) groups is 5.